The average Bonchev–Trinajstić information content (AvgIpc) is 2.20. The van der Waals surface area contributed by atoms with Gasteiger partial charge in [0.1, 0.15) is 6.04 Å². The molecule has 1 aromatic carbocycles. The maximum absolute atomic E-state index is 11.8. The molecule has 0 aromatic heterocycles. The molecule has 1 N–H and O–H groups in total. The van der Waals surface area contributed by atoms with Crippen LogP contribution in [0.2, 0.25) is 5.02 Å². The fourth-order valence-corrected chi connectivity index (χ4v) is 2.29. The van der Waals surface area contributed by atoms with Crippen LogP contribution >= 0.6 is 11.6 Å². The minimum Gasteiger partial charge on any atom is -0.356 e. The lowest BCUT2D eigenvalue weighted by Gasteiger charge is -2.39. The van der Waals surface area contributed by atoms with E-state index < -0.39 is 0 Å². The summed E-state index contributed by atoms with van der Waals surface area (Å²) in [5.74, 6) is 0.0310. The maximum Gasteiger partial charge on any atom is 0.246 e. The van der Waals surface area contributed by atoms with Crippen LogP contribution in [0.25, 0.3) is 0 Å². The molecule has 1 aliphatic heterocycles. The van der Waals surface area contributed by atoms with Crippen molar-refractivity contribution in [2.24, 2.45) is 0 Å². The molecule has 2 rings (SSSR count). The van der Waals surface area contributed by atoms with Crippen LogP contribution in [0.4, 0.5) is 11.4 Å². The number of amides is 1. The summed E-state index contributed by atoms with van der Waals surface area (Å²) in [6.45, 7) is 6.04. The monoisotopic (exact) mass is 238 g/mol. The number of halogens is 1. The molecule has 4 heteroatoms. The molecular weight excluding hydrogens is 224 g/mol. The second-order valence-electron chi connectivity index (χ2n) is 4.33. The minimum absolute atomic E-state index is 0.0310. The number of benzene rings is 1. The SMILES string of the molecule is CC(C)N1c2cc(Cl)ccc2NC(=O)C1C. The zero-order valence-corrected chi connectivity index (χ0v) is 10.4. The molecule has 0 aliphatic carbocycles. The molecule has 0 fully saturated rings. The Bertz CT molecular complexity index is 431. The van der Waals surface area contributed by atoms with Gasteiger partial charge in [-0.1, -0.05) is 11.6 Å². The third-order valence-corrected chi connectivity index (χ3v) is 3.08. The van der Waals surface area contributed by atoms with Crippen LogP contribution < -0.4 is 10.2 Å². The lowest BCUT2D eigenvalue weighted by Crippen LogP contribution is -2.49. The van der Waals surface area contributed by atoms with E-state index in [1.165, 1.54) is 0 Å². The first-order valence-corrected chi connectivity index (χ1v) is 5.77. The van der Waals surface area contributed by atoms with E-state index in [4.69, 9.17) is 11.6 Å². The molecule has 16 heavy (non-hydrogen) atoms. The van der Waals surface area contributed by atoms with Gasteiger partial charge in [-0.05, 0) is 39.0 Å². The van der Waals surface area contributed by atoms with Crippen molar-refractivity contribution < 1.29 is 4.79 Å². The van der Waals surface area contributed by atoms with Crippen molar-refractivity contribution in [2.75, 3.05) is 10.2 Å². The van der Waals surface area contributed by atoms with Crippen molar-refractivity contribution >= 4 is 28.9 Å². The van der Waals surface area contributed by atoms with Crippen molar-refractivity contribution in [3.8, 4) is 0 Å². The predicted molar refractivity (Wildman–Crippen MR) is 67.2 cm³/mol. The highest BCUT2D eigenvalue weighted by Gasteiger charge is 2.30. The minimum atomic E-state index is -0.161. The summed E-state index contributed by atoms with van der Waals surface area (Å²) in [6.07, 6.45) is 0. The van der Waals surface area contributed by atoms with Gasteiger partial charge in [0, 0.05) is 11.1 Å². The van der Waals surface area contributed by atoms with E-state index in [0.717, 1.165) is 11.4 Å². The van der Waals surface area contributed by atoms with E-state index in [0.29, 0.717) is 5.02 Å². The molecule has 0 saturated heterocycles. The smallest absolute Gasteiger partial charge is 0.246 e. The molecule has 0 saturated carbocycles. The van der Waals surface area contributed by atoms with E-state index in [9.17, 15) is 4.79 Å². The number of carbonyl (C=O) groups is 1. The number of hydrogen-bond acceptors (Lipinski definition) is 2. The standard InChI is InChI=1S/C12H15ClN2O/c1-7(2)15-8(3)12(16)14-10-5-4-9(13)6-11(10)15/h4-8H,1-3H3,(H,14,16). The second kappa shape index (κ2) is 3.98. The van der Waals surface area contributed by atoms with Crippen molar-refractivity contribution in [3.05, 3.63) is 23.2 Å². The van der Waals surface area contributed by atoms with Crippen molar-refractivity contribution in [2.45, 2.75) is 32.9 Å². The predicted octanol–water partition coefficient (Wildman–Crippen LogP) is 2.90. The molecule has 1 heterocycles. The lowest BCUT2D eigenvalue weighted by atomic mass is 10.1. The Hall–Kier alpha value is -1.22. The fraction of sp³-hybridized carbons (Fsp3) is 0.417. The van der Waals surface area contributed by atoms with Crippen molar-refractivity contribution in [1.29, 1.82) is 0 Å². The number of nitrogens with zero attached hydrogens (tertiary/aromatic N) is 1. The van der Waals surface area contributed by atoms with Crippen LogP contribution in [0.15, 0.2) is 18.2 Å². The third kappa shape index (κ3) is 1.76. The fourth-order valence-electron chi connectivity index (χ4n) is 2.12. The number of rotatable bonds is 1. The quantitative estimate of drug-likeness (QED) is 0.816. The van der Waals surface area contributed by atoms with Crippen molar-refractivity contribution in [1.82, 2.24) is 0 Å². The van der Waals surface area contributed by atoms with E-state index in [1.807, 2.05) is 19.1 Å². The van der Waals surface area contributed by atoms with Gasteiger partial charge in [-0.15, -0.1) is 0 Å². The molecular formula is C12H15ClN2O. The molecule has 1 atom stereocenters. The van der Waals surface area contributed by atoms with Crippen molar-refractivity contribution in [3.63, 3.8) is 0 Å². The third-order valence-electron chi connectivity index (χ3n) is 2.85. The van der Waals surface area contributed by atoms with E-state index in [-0.39, 0.29) is 18.0 Å². The van der Waals surface area contributed by atoms with Gasteiger partial charge in [-0.25, -0.2) is 0 Å². The Morgan fingerprint density at radius 3 is 2.75 bits per heavy atom. The summed E-state index contributed by atoms with van der Waals surface area (Å²) in [5.41, 5.74) is 1.83. The molecule has 0 spiro atoms. The van der Waals surface area contributed by atoms with Crippen LogP contribution in [-0.4, -0.2) is 18.0 Å². The molecule has 1 aliphatic rings. The largest absolute Gasteiger partial charge is 0.356 e. The first kappa shape index (κ1) is 11.3. The van der Waals surface area contributed by atoms with E-state index in [1.54, 1.807) is 6.07 Å². The summed E-state index contributed by atoms with van der Waals surface area (Å²) < 4.78 is 0. The van der Waals surface area contributed by atoms with Gasteiger partial charge >= 0.3 is 0 Å². The van der Waals surface area contributed by atoms with Gasteiger partial charge in [0.25, 0.3) is 0 Å². The summed E-state index contributed by atoms with van der Waals surface area (Å²) in [4.78, 5) is 13.9. The molecule has 1 unspecified atom stereocenters. The first-order chi connectivity index (χ1) is 7.50. The number of anilines is 2. The topological polar surface area (TPSA) is 32.3 Å². The van der Waals surface area contributed by atoms with Gasteiger partial charge in [0.2, 0.25) is 5.91 Å². The molecule has 1 amide bonds. The van der Waals surface area contributed by atoms with Crippen LogP contribution in [0, 0.1) is 0 Å². The van der Waals surface area contributed by atoms with Crippen LogP contribution in [0.5, 0.6) is 0 Å². The second-order valence-corrected chi connectivity index (χ2v) is 4.76. The zero-order valence-electron chi connectivity index (χ0n) is 9.62. The number of hydrogen-bond donors (Lipinski definition) is 1. The molecule has 3 nitrogen and oxygen atoms in total. The van der Waals surface area contributed by atoms with Crippen LogP contribution in [0.3, 0.4) is 0 Å². The van der Waals surface area contributed by atoms with Gasteiger partial charge in [0.05, 0.1) is 11.4 Å². The van der Waals surface area contributed by atoms with Gasteiger partial charge in [-0.3, -0.25) is 4.79 Å². The number of nitrogens with one attached hydrogen (secondary N) is 1. The van der Waals surface area contributed by atoms with E-state index >= 15 is 0 Å². The van der Waals surface area contributed by atoms with E-state index in [2.05, 4.69) is 24.1 Å². The highest BCUT2D eigenvalue weighted by atomic mass is 35.5. The summed E-state index contributed by atoms with van der Waals surface area (Å²) in [7, 11) is 0. The maximum atomic E-state index is 11.8. The Morgan fingerprint density at radius 1 is 1.44 bits per heavy atom. The van der Waals surface area contributed by atoms with Gasteiger partial charge in [0.15, 0.2) is 0 Å². The molecule has 86 valence electrons. The molecule has 1 aromatic rings. The Balaban J connectivity index is 2.53. The van der Waals surface area contributed by atoms with Crippen LogP contribution in [-0.2, 0) is 4.79 Å². The summed E-state index contributed by atoms with van der Waals surface area (Å²) in [5, 5.41) is 3.57. The van der Waals surface area contributed by atoms with Gasteiger partial charge in [-0.2, -0.15) is 0 Å². The molecule has 0 bridgehead atoms. The summed E-state index contributed by atoms with van der Waals surface area (Å²) >= 11 is 5.99. The van der Waals surface area contributed by atoms with Gasteiger partial charge < -0.3 is 10.2 Å². The normalized spacial score (nSPS) is 19.7. The molecule has 0 radical (unpaired) electrons. The highest BCUT2D eigenvalue weighted by Crippen LogP contribution is 2.35. The number of carbonyl (C=O) groups excluding carboxylic acids is 1. The lowest BCUT2D eigenvalue weighted by molar-refractivity contribution is -0.117. The summed E-state index contributed by atoms with van der Waals surface area (Å²) in [6, 6.07) is 5.63. The Morgan fingerprint density at radius 2 is 2.12 bits per heavy atom. The average molecular weight is 239 g/mol. The Labute approximate surface area is 100 Å². The Kier molecular flexibility index (Phi) is 2.80. The highest BCUT2D eigenvalue weighted by molar-refractivity contribution is 6.31. The number of fused-ring (bicyclic) bond motifs is 1. The first-order valence-electron chi connectivity index (χ1n) is 5.39. The van der Waals surface area contributed by atoms with Crippen LogP contribution in [0.1, 0.15) is 20.8 Å². The zero-order chi connectivity index (χ0) is 11.9.